The van der Waals surface area contributed by atoms with Crippen molar-refractivity contribution in [2.45, 2.75) is 19.8 Å². The molecule has 0 saturated heterocycles. The number of fused-ring (bicyclic) bond motifs is 1. The Hall–Kier alpha value is -0.357. The quantitative estimate of drug-likeness (QED) is 0.455. The molecule has 0 amide bonds. The van der Waals surface area contributed by atoms with Crippen LogP contribution in [0.1, 0.15) is 18.9 Å². The Labute approximate surface area is 140 Å². The van der Waals surface area contributed by atoms with Gasteiger partial charge in [0, 0.05) is 0 Å². The zero-order valence-electron chi connectivity index (χ0n) is 11.5. The van der Waals surface area contributed by atoms with E-state index in [9.17, 15) is 0 Å². The molecule has 104 valence electrons. The largest absolute Gasteiger partial charge is 0.214 e. The standard InChI is InChI=1S/C12H13.C5H5.2ClH.Zr/c1-2-5-10-8-11-6-3-4-7-12(11)9-10;1-2-4-5-3-1;;;/h3-4,6-9H,2,5H2,1H3;1-5H;2*1H;/q2*-1;;;+4/p-2. The van der Waals surface area contributed by atoms with Gasteiger partial charge < -0.3 is 0 Å². The summed E-state index contributed by atoms with van der Waals surface area (Å²) < 4.78 is 0. The van der Waals surface area contributed by atoms with E-state index >= 15 is 0 Å². The maximum absolute atomic E-state index is 4.93. The second kappa shape index (κ2) is 11.3. The van der Waals surface area contributed by atoms with Crippen molar-refractivity contribution in [3.8, 4) is 0 Å². The zero-order valence-corrected chi connectivity index (χ0v) is 15.5. The van der Waals surface area contributed by atoms with Crippen LogP contribution in [0.3, 0.4) is 0 Å². The Bertz CT molecular complexity index is 505. The van der Waals surface area contributed by atoms with Gasteiger partial charge in [0.25, 0.3) is 0 Å². The second-order valence-corrected chi connectivity index (χ2v) is 8.01. The molecule has 0 aliphatic carbocycles. The van der Waals surface area contributed by atoms with E-state index in [1.54, 1.807) is 0 Å². The first kappa shape index (κ1) is 17.7. The average molecular weight is 384 g/mol. The van der Waals surface area contributed by atoms with Crippen LogP contribution in [0.5, 0.6) is 0 Å². The third-order valence-electron chi connectivity index (χ3n) is 2.77. The molecule has 3 rings (SSSR count). The fourth-order valence-electron chi connectivity index (χ4n) is 1.97. The zero-order chi connectivity index (χ0) is 14.6. The SMILES string of the molecule is CCCc1cc2ccccc2[cH-]1.[Cl][Zr+2][Cl].c1cc[cH-]c1. The van der Waals surface area contributed by atoms with E-state index in [0.717, 1.165) is 0 Å². The number of hydrogen-bond acceptors (Lipinski definition) is 0. The Morgan fingerprint density at radius 3 is 2.20 bits per heavy atom. The molecule has 3 heteroatoms. The molecule has 0 atom stereocenters. The topological polar surface area (TPSA) is 0 Å². The number of aryl methyl sites for hydroxylation is 1. The molecule has 0 aromatic heterocycles. The summed E-state index contributed by atoms with van der Waals surface area (Å²) in [6.45, 7) is 2.22. The smallest absolute Gasteiger partial charge is 0.172 e. The van der Waals surface area contributed by atoms with Gasteiger partial charge in [0.1, 0.15) is 0 Å². The van der Waals surface area contributed by atoms with Crippen molar-refractivity contribution in [1.29, 1.82) is 0 Å². The summed E-state index contributed by atoms with van der Waals surface area (Å²) in [6, 6.07) is 23.1. The van der Waals surface area contributed by atoms with Crippen LogP contribution in [0, 0.1) is 0 Å². The van der Waals surface area contributed by atoms with Crippen LogP contribution in [-0.4, -0.2) is 0 Å². The second-order valence-electron chi connectivity index (χ2n) is 4.28. The van der Waals surface area contributed by atoms with Gasteiger partial charge in [-0.05, 0) is 6.42 Å². The van der Waals surface area contributed by atoms with Crippen LogP contribution in [0.15, 0.2) is 66.7 Å². The van der Waals surface area contributed by atoms with Gasteiger partial charge in [-0.3, -0.25) is 0 Å². The summed E-state index contributed by atoms with van der Waals surface area (Å²) in [5.74, 6) is 0. The molecular weight excluding hydrogens is 366 g/mol. The van der Waals surface area contributed by atoms with Crippen molar-refractivity contribution in [2.24, 2.45) is 0 Å². The molecule has 0 N–H and O–H groups in total. The molecule has 20 heavy (non-hydrogen) atoms. The summed E-state index contributed by atoms with van der Waals surface area (Å²) in [5, 5.41) is 2.75. The molecule has 0 spiro atoms. The van der Waals surface area contributed by atoms with Crippen molar-refractivity contribution in [1.82, 2.24) is 0 Å². The molecule has 0 unspecified atom stereocenters. The van der Waals surface area contributed by atoms with Crippen LogP contribution in [0.2, 0.25) is 0 Å². The van der Waals surface area contributed by atoms with Crippen molar-refractivity contribution in [3.05, 3.63) is 72.3 Å². The van der Waals surface area contributed by atoms with Crippen molar-refractivity contribution >= 4 is 27.8 Å². The summed E-state index contributed by atoms with van der Waals surface area (Å²) in [5.41, 5.74) is 1.47. The van der Waals surface area contributed by atoms with Gasteiger partial charge in [-0.1, -0.05) is 19.4 Å². The monoisotopic (exact) mass is 382 g/mol. The first-order valence-electron chi connectivity index (χ1n) is 6.59. The fraction of sp³-hybridized carbons (Fsp3) is 0.176. The molecule has 3 aromatic carbocycles. The minimum Gasteiger partial charge on any atom is -0.214 e. The molecule has 0 radical (unpaired) electrons. The molecular formula is C17H18Cl2Zr. The first-order chi connectivity index (χ1) is 9.81. The summed E-state index contributed by atoms with van der Waals surface area (Å²) in [7, 11) is 9.87. The molecule has 0 aliphatic heterocycles. The van der Waals surface area contributed by atoms with Crippen LogP contribution in [0.25, 0.3) is 10.8 Å². The van der Waals surface area contributed by atoms with E-state index in [-0.39, 0.29) is 0 Å². The van der Waals surface area contributed by atoms with Crippen molar-refractivity contribution in [2.75, 3.05) is 0 Å². The fourth-order valence-corrected chi connectivity index (χ4v) is 1.97. The van der Waals surface area contributed by atoms with Crippen LogP contribution in [-0.2, 0) is 27.3 Å². The van der Waals surface area contributed by atoms with Gasteiger partial charge >= 0.3 is 37.9 Å². The van der Waals surface area contributed by atoms with E-state index in [2.05, 4.69) is 43.3 Å². The van der Waals surface area contributed by atoms with Crippen LogP contribution < -0.4 is 0 Å². The van der Waals surface area contributed by atoms with Crippen molar-refractivity contribution in [3.63, 3.8) is 0 Å². The summed E-state index contributed by atoms with van der Waals surface area (Å²) in [4.78, 5) is 0. The molecule has 3 aromatic rings. The van der Waals surface area contributed by atoms with Gasteiger partial charge in [-0.15, -0.1) is 40.6 Å². The molecule has 0 bridgehead atoms. The predicted octanol–water partition coefficient (Wildman–Crippen LogP) is 6.29. The van der Waals surface area contributed by atoms with Crippen LogP contribution >= 0.6 is 17.0 Å². The van der Waals surface area contributed by atoms with Gasteiger partial charge in [-0.2, -0.15) is 24.3 Å². The van der Waals surface area contributed by atoms with E-state index in [1.807, 2.05) is 30.3 Å². The van der Waals surface area contributed by atoms with Crippen LogP contribution in [0.4, 0.5) is 0 Å². The van der Waals surface area contributed by atoms with E-state index < -0.39 is 20.8 Å². The molecule has 0 nitrogen and oxygen atoms in total. The molecule has 0 aliphatic rings. The third-order valence-corrected chi connectivity index (χ3v) is 2.77. The average Bonchev–Trinajstić information content (AvgIpc) is 3.12. The van der Waals surface area contributed by atoms with Gasteiger partial charge in [-0.25, -0.2) is 12.1 Å². The third kappa shape index (κ3) is 6.88. The Balaban J connectivity index is 0.000000208. The summed E-state index contributed by atoms with van der Waals surface area (Å²) in [6.07, 6.45) is 2.44. The number of halogens is 2. The van der Waals surface area contributed by atoms with E-state index in [4.69, 9.17) is 17.0 Å². The summed E-state index contributed by atoms with van der Waals surface area (Å²) >= 11 is -0.826. The van der Waals surface area contributed by atoms with Gasteiger partial charge in [0.05, 0.1) is 0 Å². The maximum Gasteiger partial charge on any atom is -0.172 e. The normalized spacial score (nSPS) is 8.95. The maximum atomic E-state index is 4.93. The molecule has 0 heterocycles. The van der Waals surface area contributed by atoms with Gasteiger partial charge in [0.15, 0.2) is 0 Å². The number of rotatable bonds is 2. The first-order valence-corrected chi connectivity index (χ1v) is 12.9. The van der Waals surface area contributed by atoms with Gasteiger partial charge in [0.2, 0.25) is 0 Å². The van der Waals surface area contributed by atoms with E-state index in [1.165, 1.54) is 29.2 Å². The number of hydrogen-bond donors (Lipinski definition) is 0. The van der Waals surface area contributed by atoms with E-state index in [0.29, 0.717) is 0 Å². The predicted molar refractivity (Wildman–Crippen MR) is 87.3 cm³/mol. The Kier molecular flexibility index (Phi) is 10.0. The number of benzene rings is 1. The van der Waals surface area contributed by atoms with Crippen molar-refractivity contribution < 1.29 is 20.8 Å². The minimum atomic E-state index is -0.826. The minimum absolute atomic E-state index is 0.826. The Morgan fingerprint density at radius 1 is 1.05 bits per heavy atom. The Morgan fingerprint density at radius 2 is 1.70 bits per heavy atom. The molecule has 0 saturated carbocycles. The molecule has 0 fully saturated rings.